The van der Waals surface area contributed by atoms with Gasteiger partial charge in [-0.25, -0.2) is 0 Å². The van der Waals surface area contributed by atoms with E-state index in [2.05, 4.69) is 15.2 Å². The van der Waals surface area contributed by atoms with E-state index in [1.54, 1.807) is 25.1 Å². The maximum atomic E-state index is 12.3. The third-order valence-electron chi connectivity index (χ3n) is 4.59. The summed E-state index contributed by atoms with van der Waals surface area (Å²) in [7, 11) is -3.73. The largest absolute Gasteiger partial charge is 0.325 e. The Bertz CT molecular complexity index is 1010. The Morgan fingerprint density at radius 2 is 1.77 bits per heavy atom. The fourth-order valence-electron chi connectivity index (χ4n) is 2.76. The molecule has 0 saturated heterocycles. The van der Waals surface area contributed by atoms with Crippen LogP contribution < -0.4 is 10.1 Å². The quantitative estimate of drug-likeness (QED) is 0.640. The lowest BCUT2D eigenvalue weighted by molar-refractivity contribution is -0.119. The molecule has 0 atom stereocenters. The van der Waals surface area contributed by atoms with Crippen LogP contribution in [-0.4, -0.2) is 20.0 Å². The van der Waals surface area contributed by atoms with Gasteiger partial charge in [-0.2, -0.15) is 18.4 Å². The molecular weight excluding hydrogens is 350 g/mol. The first-order valence-electron chi connectivity index (χ1n) is 8.20. The Morgan fingerprint density at radius 3 is 2.42 bits per heavy atom. The van der Waals surface area contributed by atoms with E-state index in [9.17, 15) is 13.2 Å². The minimum Gasteiger partial charge on any atom is -0.325 e. The zero-order valence-corrected chi connectivity index (χ0v) is 15.9. The van der Waals surface area contributed by atoms with Crippen molar-refractivity contribution in [3.63, 3.8) is 0 Å². The van der Waals surface area contributed by atoms with Crippen LogP contribution in [0.15, 0.2) is 52.5 Å². The molecule has 0 aliphatic carbocycles. The van der Waals surface area contributed by atoms with Gasteiger partial charge in [0, 0.05) is 5.69 Å². The van der Waals surface area contributed by atoms with Crippen LogP contribution in [0.3, 0.4) is 0 Å². The number of sulfonamides is 1. The molecule has 0 bridgehead atoms. The first-order chi connectivity index (χ1) is 12.1. The molecule has 2 aromatic rings. The number of fused-ring (bicyclic) bond motifs is 1. The average Bonchev–Trinajstić information content (AvgIpc) is 2.82. The van der Waals surface area contributed by atoms with Crippen molar-refractivity contribution in [1.29, 1.82) is 0 Å². The minimum atomic E-state index is -3.73. The van der Waals surface area contributed by atoms with Crippen LogP contribution in [0, 0.1) is 6.92 Å². The van der Waals surface area contributed by atoms with Gasteiger partial charge in [-0.1, -0.05) is 23.8 Å². The second-order valence-electron chi connectivity index (χ2n) is 6.94. The molecule has 136 valence electrons. The monoisotopic (exact) mass is 371 g/mol. The Morgan fingerprint density at radius 1 is 1.12 bits per heavy atom. The second-order valence-corrected chi connectivity index (χ2v) is 8.61. The summed E-state index contributed by atoms with van der Waals surface area (Å²) in [5, 5.41) is 6.88. The fraction of sp³-hybridized carbons (Fsp3) is 0.263. The van der Waals surface area contributed by atoms with Crippen LogP contribution in [0.4, 0.5) is 5.69 Å². The zero-order chi connectivity index (χ0) is 19.1. The number of nitrogens with zero attached hydrogens (tertiary/aromatic N) is 1. The third-order valence-corrected chi connectivity index (χ3v) is 5.82. The number of nitrogens with one attached hydrogen (secondary N) is 2. The summed E-state index contributed by atoms with van der Waals surface area (Å²) in [5.41, 5.74) is 3.26. The van der Waals surface area contributed by atoms with Crippen LogP contribution in [0.1, 0.15) is 37.5 Å². The van der Waals surface area contributed by atoms with Gasteiger partial charge in [0.25, 0.3) is 10.0 Å². The van der Waals surface area contributed by atoms with Gasteiger partial charge >= 0.3 is 0 Å². The molecule has 1 amide bonds. The van der Waals surface area contributed by atoms with Gasteiger partial charge in [0.2, 0.25) is 5.91 Å². The molecule has 1 heterocycles. The first-order valence-corrected chi connectivity index (χ1v) is 9.69. The summed E-state index contributed by atoms with van der Waals surface area (Å²) in [6.07, 6.45) is 0. The Labute approximate surface area is 153 Å². The van der Waals surface area contributed by atoms with Gasteiger partial charge in [0.15, 0.2) is 0 Å². The van der Waals surface area contributed by atoms with Crippen molar-refractivity contribution < 1.29 is 13.2 Å². The number of carbonyl (C=O) groups is 1. The molecule has 3 rings (SSSR count). The summed E-state index contributed by atoms with van der Waals surface area (Å²) in [5.74, 6) is -0.0562. The van der Waals surface area contributed by atoms with Gasteiger partial charge in [-0.15, -0.1) is 0 Å². The number of amides is 1. The molecule has 0 aromatic heterocycles. The first kappa shape index (κ1) is 18.1. The number of hydrogen-bond donors (Lipinski definition) is 2. The maximum absolute atomic E-state index is 12.3. The summed E-state index contributed by atoms with van der Waals surface area (Å²) < 4.78 is 24.7. The van der Waals surface area contributed by atoms with Gasteiger partial charge in [-0.3, -0.25) is 4.79 Å². The highest BCUT2D eigenvalue weighted by atomic mass is 32.2. The van der Waals surface area contributed by atoms with E-state index >= 15 is 0 Å². The van der Waals surface area contributed by atoms with Crippen LogP contribution in [-0.2, 0) is 20.2 Å². The number of carbonyl (C=O) groups excluding carboxylic acids is 1. The van der Waals surface area contributed by atoms with E-state index in [0.29, 0.717) is 5.71 Å². The number of anilines is 1. The summed E-state index contributed by atoms with van der Waals surface area (Å²) in [4.78, 5) is 14.5. The van der Waals surface area contributed by atoms with Crippen molar-refractivity contribution in [3.8, 4) is 0 Å². The minimum absolute atomic E-state index is 0.0562. The van der Waals surface area contributed by atoms with Crippen molar-refractivity contribution in [2.75, 3.05) is 5.32 Å². The average molecular weight is 371 g/mol. The normalized spacial score (nSPS) is 16.2. The van der Waals surface area contributed by atoms with Gasteiger partial charge in [0.1, 0.15) is 0 Å². The predicted molar refractivity (Wildman–Crippen MR) is 102 cm³/mol. The molecule has 0 saturated carbocycles. The number of hydrogen-bond acceptors (Lipinski definition) is 4. The maximum Gasteiger partial charge on any atom is 0.276 e. The van der Waals surface area contributed by atoms with E-state index < -0.39 is 15.4 Å². The molecule has 26 heavy (non-hydrogen) atoms. The van der Waals surface area contributed by atoms with Crippen LogP contribution >= 0.6 is 0 Å². The predicted octanol–water partition coefficient (Wildman–Crippen LogP) is 2.93. The van der Waals surface area contributed by atoms with Crippen molar-refractivity contribution in [2.45, 2.75) is 38.0 Å². The van der Waals surface area contributed by atoms with E-state index in [-0.39, 0.29) is 10.8 Å². The molecule has 2 N–H and O–H groups in total. The van der Waals surface area contributed by atoms with E-state index in [4.69, 9.17) is 0 Å². The summed E-state index contributed by atoms with van der Waals surface area (Å²) in [6, 6.07) is 12.0. The Hall–Kier alpha value is -2.67. The fourth-order valence-corrected chi connectivity index (χ4v) is 3.62. The highest BCUT2D eigenvalue weighted by molar-refractivity contribution is 7.89. The van der Waals surface area contributed by atoms with E-state index in [0.717, 1.165) is 22.4 Å². The van der Waals surface area contributed by atoms with Crippen LogP contribution in [0.5, 0.6) is 0 Å². The molecule has 7 heteroatoms. The lowest BCUT2D eigenvalue weighted by Gasteiger charge is -2.15. The van der Waals surface area contributed by atoms with Crippen LogP contribution in [0.2, 0.25) is 0 Å². The number of hydrazone groups is 1. The molecule has 0 spiro atoms. The number of benzene rings is 2. The standard InChI is InChI=1S/C19H21N3O3S/c1-12-5-8-15(9-6-12)26(24,25)22-21-13(2)14-7-10-17-16(11-14)19(3,4)18(23)20-17/h5-11,22H,1-4H3,(H,20,23)/b21-13-. The van der Waals surface area contributed by atoms with Gasteiger partial charge in [-0.05, 0) is 63.1 Å². The summed E-state index contributed by atoms with van der Waals surface area (Å²) >= 11 is 0. The molecule has 2 aromatic carbocycles. The Balaban J connectivity index is 1.86. The summed E-state index contributed by atoms with van der Waals surface area (Å²) in [6.45, 7) is 7.31. The van der Waals surface area contributed by atoms with Crippen molar-refractivity contribution in [3.05, 3.63) is 59.2 Å². The van der Waals surface area contributed by atoms with E-state index in [1.807, 2.05) is 32.9 Å². The van der Waals surface area contributed by atoms with Crippen molar-refractivity contribution in [1.82, 2.24) is 4.83 Å². The lowest BCUT2D eigenvalue weighted by atomic mass is 9.85. The Kier molecular flexibility index (Phi) is 4.36. The smallest absolute Gasteiger partial charge is 0.276 e. The van der Waals surface area contributed by atoms with E-state index in [1.165, 1.54) is 12.1 Å². The van der Waals surface area contributed by atoms with Crippen molar-refractivity contribution in [2.24, 2.45) is 5.10 Å². The second kappa shape index (κ2) is 6.25. The lowest BCUT2D eigenvalue weighted by Crippen LogP contribution is -2.27. The third kappa shape index (κ3) is 3.22. The molecule has 0 unspecified atom stereocenters. The molecule has 0 fully saturated rings. The van der Waals surface area contributed by atoms with Gasteiger partial charge in [0.05, 0.1) is 16.0 Å². The molecule has 0 radical (unpaired) electrons. The van der Waals surface area contributed by atoms with Crippen LogP contribution in [0.25, 0.3) is 0 Å². The van der Waals surface area contributed by atoms with Crippen molar-refractivity contribution >= 4 is 27.3 Å². The molecular formula is C19H21N3O3S. The highest BCUT2D eigenvalue weighted by Gasteiger charge is 2.38. The highest BCUT2D eigenvalue weighted by Crippen LogP contribution is 2.37. The topological polar surface area (TPSA) is 87.6 Å². The SMILES string of the molecule is C/C(=N/NS(=O)(=O)c1ccc(C)cc1)c1ccc2c(c1)C(C)(C)C(=O)N2. The molecule has 1 aliphatic rings. The zero-order valence-electron chi connectivity index (χ0n) is 15.1. The number of rotatable bonds is 4. The van der Waals surface area contributed by atoms with Gasteiger partial charge < -0.3 is 5.32 Å². The molecule has 6 nitrogen and oxygen atoms in total. The molecule has 1 aliphatic heterocycles. The number of aryl methyl sites for hydroxylation is 1.